The number of carbonyl (C=O) groups excluding carboxylic acids is 2. The number of rotatable bonds is 3. The average Bonchev–Trinajstić information content (AvgIpc) is 2.78. The molecule has 0 aliphatic carbocycles. The Labute approximate surface area is 135 Å². The monoisotopic (exact) mass is 348 g/mol. The summed E-state index contributed by atoms with van der Waals surface area (Å²) in [6.07, 6.45) is -5.23. The van der Waals surface area contributed by atoms with Crippen LogP contribution in [0.5, 0.6) is 0 Å². The molecule has 1 aromatic carbocycles. The summed E-state index contributed by atoms with van der Waals surface area (Å²) in [6, 6.07) is 4.32. The number of amides is 2. The van der Waals surface area contributed by atoms with Crippen LogP contribution in [0, 0.1) is 0 Å². The van der Waals surface area contributed by atoms with Gasteiger partial charge in [0, 0.05) is 11.7 Å². The first-order chi connectivity index (χ1) is 10.7. The lowest BCUT2D eigenvalue weighted by molar-refractivity contribution is -0.137. The largest absolute Gasteiger partial charge is 0.425 e. The van der Waals surface area contributed by atoms with Crippen LogP contribution in [0.2, 0.25) is 0 Å². The fraction of sp³-hybridized carbons (Fsp3) is 0.429. The Hall–Kier alpha value is -1.90. The molecule has 1 aliphatic rings. The van der Waals surface area contributed by atoms with Crippen molar-refractivity contribution in [3.05, 3.63) is 29.8 Å². The number of anilines is 1. The van der Waals surface area contributed by atoms with Gasteiger partial charge in [-0.1, -0.05) is 17.8 Å². The van der Waals surface area contributed by atoms with Gasteiger partial charge < -0.3 is 10.1 Å². The summed E-state index contributed by atoms with van der Waals surface area (Å²) in [4.78, 5) is 24.9. The molecule has 0 bridgehead atoms. The summed E-state index contributed by atoms with van der Waals surface area (Å²) in [7, 11) is 0. The third kappa shape index (κ3) is 4.31. The van der Waals surface area contributed by atoms with Gasteiger partial charge in [0.2, 0.25) is 5.44 Å². The summed E-state index contributed by atoms with van der Waals surface area (Å²) in [6.45, 7) is 3.47. The van der Waals surface area contributed by atoms with Crippen LogP contribution >= 0.6 is 11.8 Å². The van der Waals surface area contributed by atoms with Gasteiger partial charge in [-0.25, -0.2) is 4.79 Å². The Morgan fingerprint density at radius 1 is 1.43 bits per heavy atom. The van der Waals surface area contributed by atoms with E-state index in [2.05, 4.69) is 5.32 Å². The van der Waals surface area contributed by atoms with Crippen molar-refractivity contribution in [2.45, 2.75) is 31.5 Å². The normalized spacial score (nSPS) is 18.4. The number of hydrogen-bond acceptors (Lipinski definition) is 4. The van der Waals surface area contributed by atoms with Crippen molar-refractivity contribution in [2.24, 2.45) is 0 Å². The number of ether oxygens (including phenoxy) is 1. The molecule has 0 radical (unpaired) electrons. The van der Waals surface area contributed by atoms with E-state index in [0.717, 1.165) is 28.8 Å². The zero-order valence-electron chi connectivity index (χ0n) is 12.4. The molecule has 2 rings (SSSR count). The van der Waals surface area contributed by atoms with Crippen molar-refractivity contribution in [2.75, 3.05) is 10.8 Å². The lowest BCUT2D eigenvalue weighted by Crippen LogP contribution is -2.37. The molecule has 126 valence electrons. The van der Waals surface area contributed by atoms with Crippen LogP contribution in [-0.4, -0.2) is 29.4 Å². The standard InChI is InChI=1S/C14H15F3N2O3S/c1-8(2)18-13(21)22-12-11(20)19(7-23-12)10-5-3-4-9(6-10)14(15,16)17/h3-6,8,12H,7H2,1-2H3,(H,18,21). The van der Waals surface area contributed by atoms with Gasteiger partial charge in [-0.15, -0.1) is 0 Å². The molecular weight excluding hydrogens is 333 g/mol. The fourth-order valence-corrected chi connectivity index (χ4v) is 2.89. The Bertz CT molecular complexity index is 607. The van der Waals surface area contributed by atoms with Crippen LogP contribution < -0.4 is 10.2 Å². The maximum atomic E-state index is 12.7. The highest BCUT2D eigenvalue weighted by Crippen LogP contribution is 2.35. The first kappa shape index (κ1) is 17.5. The van der Waals surface area contributed by atoms with E-state index >= 15 is 0 Å². The Morgan fingerprint density at radius 3 is 2.74 bits per heavy atom. The van der Waals surface area contributed by atoms with Gasteiger partial charge in [-0.2, -0.15) is 13.2 Å². The summed E-state index contributed by atoms with van der Waals surface area (Å²) in [5.74, 6) is -0.451. The number of alkyl halides is 3. The van der Waals surface area contributed by atoms with Gasteiger partial charge in [0.25, 0.3) is 5.91 Å². The number of benzene rings is 1. The summed E-state index contributed by atoms with van der Waals surface area (Å²) >= 11 is 1.03. The van der Waals surface area contributed by atoms with Crippen LogP contribution in [-0.2, 0) is 15.7 Å². The first-order valence-corrected chi connectivity index (χ1v) is 7.81. The minimum atomic E-state index is -4.49. The predicted molar refractivity (Wildman–Crippen MR) is 79.9 cm³/mol. The second-order valence-electron chi connectivity index (χ2n) is 5.15. The van der Waals surface area contributed by atoms with E-state index in [1.54, 1.807) is 13.8 Å². The molecule has 1 fully saturated rings. The number of nitrogens with one attached hydrogen (secondary N) is 1. The highest BCUT2D eigenvalue weighted by Gasteiger charge is 2.38. The molecule has 2 amide bonds. The smallest absolute Gasteiger partial charge is 0.416 e. The second kappa shape index (κ2) is 6.69. The van der Waals surface area contributed by atoms with Crippen LogP contribution in [0.3, 0.4) is 0 Å². The number of alkyl carbamates (subject to hydrolysis) is 1. The Kier molecular flexibility index (Phi) is 5.08. The second-order valence-corrected chi connectivity index (χ2v) is 6.17. The van der Waals surface area contributed by atoms with Crippen molar-refractivity contribution in [1.82, 2.24) is 5.32 Å². The number of halogens is 3. The number of thioether (sulfide) groups is 1. The van der Waals surface area contributed by atoms with Crippen molar-refractivity contribution in [3.63, 3.8) is 0 Å². The zero-order valence-corrected chi connectivity index (χ0v) is 13.2. The number of carbonyl (C=O) groups is 2. The minimum Gasteiger partial charge on any atom is -0.425 e. The quantitative estimate of drug-likeness (QED) is 0.911. The van der Waals surface area contributed by atoms with Crippen molar-refractivity contribution >= 4 is 29.4 Å². The molecule has 0 spiro atoms. The molecule has 1 unspecified atom stereocenters. The Morgan fingerprint density at radius 2 is 2.13 bits per heavy atom. The van der Waals surface area contributed by atoms with Crippen LogP contribution in [0.1, 0.15) is 19.4 Å². The molecule has 9 heteroatoms. The lowest BCUT2D eigenvalue weighted by Gasteiger charge is -2.17. The highest BCUT2D eigenvalue weighted by atomic mass is 32.2. The van der Waals surface area contributed by atoms with Gasteiger partial charge in [-0.3, -0.25) is 9.69 Å². The van der Waals surface area contributed by atoms with Gasteiger partial charge in [-0.05, 0) is 32.0 Å². The number of nitrogens with zero attached hydrogens (tertiary/aromatic N) is 1. The minimum absolute atomic E-state index is 0.111. The van der Waals surface area contributed by atoms with E-state index in [-0.39, 0.29) is 17.6 Å². The molecule has 23 heavy (non-hydrogen) atoms. The molecule has 5 nitrogen and oxygen atoms in total. The molecule has 1 N–H and O–H groups in total. The first-order valence-electron chi connectivity index (χ1n) is 6.76. The third-order valence-corrected chi connectivity index (χ3v) is 3.94. The molecule has 1 heterocycles. The molecule has 1 saturated heterocycles. The fourth-order valence-electron chi connectivity index (χ4n) is 1.91. The highest BCUT2D eigenvalue weighted by molar-refractivity contribution is 8.01. The lowest BCUT2D eigenvalue weighted by atomic mass is 10.2. The van der Waals surface area contributed by atoms with Crippen molar-refractivity contribution in [3.8, 4) is 0 Å². The summed E-state index contributed by atoms with van der Waals surface area (Å²) in [5, 5.41) is 2.48. The number of hydrogen-bond donors (Lipinski definition) is 1. The Balaban J connectivity index is 2.09. The van der Waals surface area contributed by atoms with E-state index in [4.69, 9.17) is 4.74 Å². The van der Waals surface area contributed by atoms with Crippen LogP contribution in [0.15, 0.2) is 24.3 Å². The van der Waals surface area contributed by atoms with E-state index in [0.29, 0.717) is 0 Å². The molecular formula is C14H15F3N2O3S. The molecule has 0 saturated carbocycles. The predicted octanol–water partition coefficient (Wildman–Crippen LogP) is 3.20. The average molecular weight is 348 g/mol. The molecule has 1 aromatic rings. The summed E-state index contributed by atoms with van der Waals surface area (Å²) < 4.78 is 43.2. The molecule has 1 aliphatic heterocycles. The van der Waals surface area contributed by atoms with Gasteiger partial charge >= 0.3 is 12.3 Å². The van der Waals surface area contributed by atoms with Crippen LogP contribution in [0.25, 0.3) is 0 Å². The van der Waals surface area contributed by atoms with Gasteiger partial charge in [0.1, 0.15) is 0 Å². The van der Waals surface area contributed by atoms with E-state index in [1.165, 1.54) is 12.1 Å². The third-order valence-electron chi connectivity index (χ3n) is 2.93. The van der Waals surface area contributed by atoms with E-state index < -0.39 is 29.2 Å². The van der Waals surface area contributed by atoms with E-state index in [9.17, 15) is 22.8 Å². The summed E-state index contributed by atoms with van der Waals surface area (Å²) in [5.41, 5.74) is -1.79. The van der Waals surface area contributed by atoms with Gasteiger partial charge in [0.15, 0.2) is 0 Å². The van der Waals surface area contributed by atoms with Crippen LogP contribution in [0.4, 0.5) is 23.7 Å². The SMILES string of the molecule is CC(C)NC(=O)OC1SCN(c2cccc(C(F)(F)F)c2)C1=O. The van der Waals surface area contributed by atoms with Gasteiger partial charge in [0.05, 0.1) is 11.4 Å². The topological polar surface area (TPSA) is 58.6 Å². The van der Waals surface area contributed by atoms with Crippen molar-refractivity contribution < 1.29 is 27.5 Å². The van der Waals surface area contributed by atoms with Crippen molar-refractivity contribution in [1.29, 1.82) is 0 Å². The molecule has 1 atom stereocenters. The zero-order chi connectivity index (χ0) is 17.2. The van der Waals surface area contributed by atoms with E-state index in [1.807, 2.05) is 0 Å². The maximum absolute atomic E-state index is 12.7. The molecule has 0 aromatic heterocycles. The maximum Gasteiger partial charge on any atom is 0.416 e.